The molecule has 0 aromatic heterocycles. The van der Waals surface area contributed by atoms with Gasteiger partial charge in [0.2, 0.25) is 0 Å². The molecule has 0 bridgehead atoms. The van der Waals surface area contributed by atoms with E-state index < -0.39 is 5.97 Å². The number of benzene rings is 1. The summed E-state index contributed by atoms with van der Waals surface area (Å²) >= 11 is 0. The maximum Gasteiger partial charge on any atom is 0.341 e. The molecular formula is C11H12O3. The van der Waals surface area contributed by atoms with Crippen molar-refractivity contribution < 1.29 is 14.6 Å². The van der Waals surface area contributed by atoms with Crippen LogP contribution in [0.25, 0.3) is 5.57 Å². The predicted molar refractivity (Wildman–Crippen MR) is 54.3 cm³/mol. The SMILES string of the molecule is C=C(C)c1ccccc1OCC(=O)O. The Labute approximate surface area is 82.6 Å². The fourth-order valence-corrected chi connectivity index (χ4v) is 1.08. The second kappa shape index (κ2) is 4.46. The smallest absolute Gasteiger partial charge is 0.341 e. The molecule has 0 saturated carbocycles. The van der Waals surface area contributed by atoms with Crippen molar-refractivity contribution in [1.29, 1.82) is 0 Å². The quantitative estimate of drug-likeness (QED) is 0.795. The number of rotatable bonds is 4. The molecule has 0 fully saturated rings. The van der Waals surface area contributed by atoms with Crippen molar-refractivity contribution in [3.05, 3.63) is 36.4 Å². The number of allylic oxidation sites excluding steroid dienone is 1. The predicted octanol–water partition coefficient (Wildman–Crippen LogP) is 2.18. The van der Waals surface area contributed by atoms with Crippen molar-refractivity contribution in [2.24, 2.45) is 0 Å². The Morgan fingerprint density at radius 3 is 2.71 bits per heavy atom. The van der Waals surface area contributed by atoms with E-state index in [1.165, 1.54) is 0 Å². The van der Waals surface area contributed by atoms with Crippen LogP contribution in [-0.2, 0) is 4.79 Å². The van der Waals surface area contributed by atoms with E-state index in [4.69, 9.17) is 9.84 Å². The molecule has 0 aliphatic rings. The summed E-state index contributed by atoms with van der Waals surface area (Å²) < 4.78 is 5.10. The van der Waals surface area contributed by atoms with Crippen LogP contribution in [0.1, 0.15) is 12.5 Å². The Kier molecular flexibility index (Phi) is 3.29. The minimum atomic E-state index is -0.985. The molecule has 0 unspecified atom stereocenters. The highest BCUT2D eigenvalue weighted by atomic mass is 16.5. The van der Waals surface area contributed by atoms with Crippen LogP contribution in [0.2, 0.25) is 0 Å². The number of aliphatic carboxylic acids is 1. The molecule has 0 amide bonds. The van der Waals surface area contributed by atoms with Gasteiger partial charge < -0.3 is 9.84 Å². The van der Waals surface area contributed by atoms with Gasteiger partial charge in [0, 0.05) is 5.56 Å². The standard InChI is InChI=1S/C11H12O3/c1-8(2)9-5-3-4-6-10(9)14-7-11(12)13/h3-6H,1,7H2,2H3,(H,12,13). The molecule has 0 aliphatic carbocycles. The van der Waals surface area contributed by atoms with E-state index in [2.05, 4.69) is 6.58 Å². The molecule has 1 aromatic carbocycles. The highest BCUT2D eigenvalue weighted by Crippen LogP contribution is 2.23. The highest BCUT2D eigenvalue weighted by molar-refractivity contribution is 5.70. The monoisotopic (exact) mass is 192 g/mol. The molecular weight excluding hydrogens is 180 g/mol. The Morgan fingerprint density at radius 1 is 1.50 bits per heavy atom. The maximum atomic E-state index is 10.3. The molecule has 0 atom stereocenters. The lowest BCUT2D eigenvalue weighted by Crippen LogP contribution is -2.10. The first-order chi connectivity index (χ1) is 6.61. The van der Waals surface area contributed by atoms with E-state index in [9.17, 15) is 4.79 Å². The number of ether oxygens (including phenoxy) is 1. The average molecular weight is 192 g/mol. The summed E-state index contributed by atoms with van der Waals surface area (Å²) in [6.45, 7) is 5.31. The largest absolute Gasteiger partial charge is 0.481 e. The first-order valence-corrected chi connectivity index (χ1v) is 4.20. The fourth-order valence-electron chi connectivity index (χ4n) is 1.08. The van der Waals surface area contributed by atoms with E-state index in [-0.39, 0.29) is 6.61 Å². The van der Waals surface area contributed by atoms with E-state index in [1.54, 1.807) is 12.1 Å². The van der Waals surface area contributed by atoms with Gasteiger partial charge in [-0.2, -0.15) is 0 Å². The number of carbonyl (C=O) groups is 1. The van der Waals surface area contributed by atoms with Gasteiger partial charge in [-0.05, 0) is 18.6 Å². The third kappa shape index (κ3) is 2.62. The summed E-state index contributed by atoms with van der Waals surface area (Å²) in [7, 11) is 0. The third-order valence-electron chi connectivity index (χ3n) is 1.70. The van der Waals surface area contributed by atoms with Crippen molar-refractivity contribution in [2.75, 3.05) is 6.61 Å². The van der Waals surface area contributed by atoms with E-state index in [0.29, 0.717) is 5.75 Å². The zero-order valence-electron chi connectivity index (χ0n) is 7.99. The van der Waals surface area contributed by atoms with E-state index >= 15 is 0 Å². The molecule has 74 valence electrons. The van der Waals surface area contributed by atoms with Gasteiger partial charge in [0.1, 0.15) is 5.75 Å². The summed E-state index contributed by atoms with van der Waals surface area (Å²) in [5.74, 6) is -0.427. The normalized spacial score (nSPS) is 9.50. The topological polar surface area (TPSA) is 46.5 Å². The summed E-state index contributed by atoms with van der Waals surface area (Å²) in [4.78, 5) is 10.3. The molecule has 0 aliphatic heterocycles. The molecule has 0 spiro atoms. The summed E-state index contributed by atoms with van der Waals surface area (Å²) in [6, 6.07) is 7.23. The molecule has 1 rings (SSSR count). The van der Waals surface area contributed by atoms with Crippen LogP contribution >= 0.6 is 0 Å². The number of para-hydroxylation sites is 1. The minimum absolute atomic E-state index is 0.329. The summed E-state index contributed by atoms with van der Waals surface area (Å²) in [5, 5.41) is 8.46. The first kappa shape index (κ1) is 10.3. The lowest BCUT2D eigenvalue weighted by molar-refractivity contribution is -0.139. The Balaban J connectivity index is 2.84. The molecule has 0 saturated heterocycles. The number of carboxylic acids is 1. The van der Waals surface area contributed by atoms with Gasteiger partial charge in [-0.1, -0.05) is 24.8 Å². The zero-order valence-corrected chi connectivity index (χ0v) is 7.99. The first-order valence-electron chi connectivity index (χ1n) is 4.20. The van der Waals surface area contributed by atoms with E-state index in [1.807, 2.05) is 19.1 Å². The Hall–Kier alpha value is -1.77. The van der Waals surface area contributed by atoms with Crippen LogP contribution in [0.5, 0.6) is 5.75 Å². The maximum absolute atomic E-state index is 10.3. The summed E-state index contributed by atoms with van der Waals surface area (Å²) in [5.41, 5.74) is 1.69. The van der Waals surface area contributed by atoms with Gasteiger partial charge in [-0.3, -0.25) is 0 Å². The second-order valence-electron chi connectivity index (χ2n) is 2.96. The van der Waals surface area contributed by atoms with Gasteiger partial charge in [0.05, 0.1) is 0 Å². The molecule has 3 heteroatoms. The van der Waals surface area contributed by atoms with Crippen LogP contribution in [0.15, 0.2) is 30.8 Å². The van der Waals surface area contributed by atoms with Crippen LogP contribution in [0, 0.1) is 0 Å². The summed E-state index contributed by atoms with van der Waals surface area (Å²) in [6.07, 6.45) is 0. The van der Waals surface area contributed by atoms with Gasteiger partial charge >= 0.3 is 5.97 Å². The van der Waals surface area contributed by atoms with Crippen molar-refractivity contribution >= 4 is 11.5 Å². The highest BCUT2D eigenvalue weighted by Gasteiger charge is 2.04. The average Bonchev–Trinajstić information content (AvgIpc) is 2.15. The van der Waals surface area contributed by atoms with E-state index in [0.717, 1.165) is 11.1 Å². The van der Waals surface area contributed by atoms with Crippen LogP contribution < -0.4 is 4.74 Å². The lowest BCUT2D eigenvalue weighted by Gasteiger charge is -2.08. The van der Waals surface area contributed by atoms with Crippen molar-refractivity contribution in [3.8, 4) is 5.75 Å². The number of hydrogen-bond acceptors (Lipinski definition) is 2. The molecule has 0 heterocycles. The Bertz CT molecular complexity index is 355. The van der Waals surface area contributed by atoms with Gasteiger partial charge in [-0.25, -0.2) is 4.79 Å². The van der Waals surface area contributed by atoms with Crippen LogP contribution in [0.3, 0.4) is 0 Å². The van der Waals surface area contributed by atoms with Crippen LogP contribution in [-0.4, -0.2) is 17.7 Å². The van der Waals surface area contributed by atoms with Crippen molar-refractivity contribution in [3.63, 3.8) is 0 Å². The number of carboxylic acid groups (broad SMARTS) is 1. The van der Waals surface area contributed by atoms with Gasteiger partial charge in [0.15, 0.2) is 6.61 Å². The molecule has 0 radical (unpaired) electrons. The Morgan fingerprint density at radius 2 is 2.14 bits per heavy atom. The lowest BCUT2D eigenvalue weighted by atomic mass is 10.1. The van der Waals surface area contributed by atoms with Gasteiger partial charge in [-0.15, -0.1) is 0 Å². The molecule has 1 aromatic rings. The fraction of sp³-hybridized carbons (Fsp3) is 0.182. The zero-order chi connectivity index (χ0) is 10.6. The second-order valence-corrected chi connectivity index (χ2v) is 2.96. The van der Waals surface area contributed by atoms with Crippen molar-refractivity contribution in [2.45, 2.75) is 6.92 Å². The molecule has 14 heavy (non-hydrogen) atoms. The third-order valence-corrected chi connectivity index (χ3v) is 1.70. The van der Waals surface area contributed by atoms with Crippen LogP contribution in [0.4, 0.5) is 0 Å². The van der Waals surface area contributed by atoms with Gasteiger partial charge in [0.25, 0.3) is 0 Å². The number of hydrogen-bond donors (Lipinski definition) is 1. The molecule has 1 N–H and O–H groups in total. The minimum Gasteiger partial charge on any atom is -0.481 e. The van der Waals surface area contributed by atoms with Crippen molar-refractivity contribution in [1.82, 2.24) is 0 Å². The molecule has 3 nitrogen and oxygen atoms in total.